The van der Waals surface area contributed by atoms with Crippen molar-refractivity contribution in [3.05, 3.63) is 20.8 Å². The van der Waals surface area contributed by atoms with E-state index in [1.165, 1.54) is 0 Å². The Morgan fingerprint density at radius 3 is 2.43 bits per heavy atom. The molecule has 2 rings (SSSR count). The van der Waals surface area contributed by atoms with Crippen molar-refractivity contribution in [2.75, 3.05) is 13.1 Å². The first kappa shape index (κ1) is 17.2. The van der Waals surface area contributed by atoms with Gasteiger partial charge in [-0.25, -0.2) is 0 Å². The van der Waals surface area contributed by atoms with Crippen molar-refractivity contribution >= 4 is 27.3 Å². The Morgan fingerprint density at radius 1 is 1.38 bits per heavy atom. The second kappa shape index (κ2) is 6.98. The van der Waals surface area contributed by atoms with Crippen LogP contribution in [0.5, 0.6) is 0 Å². The Bertz CT molecular complexity index is 455. The van der Waals surface area contributed by atoms with Crippen molar-refractivity contribution in [3.8, 4) is 0 Å². The molecular weight excluding hydrogens is 365 g/mol. The third-order valence-electron chi connectivity index (χ3n) is 4.15. The summed E-state index contributed by atoms with van der Waals surface area (Å²) in [7, 11) is 0. The zero-order valence-corrected chi connectivity index (χ0v) is 14.3. The van der Waals surface area contributed by atoms with Crippen LogP contribution in [0.25, 0.3) is 0 Å². The fraction of sp³-hybridized carbons (Fsp3) is 0.714. The predicted octanol–water partition coefficient (Wildman–Crippen LogP) is 4.56. The van der Waals surface area contributed by atoms with Gasteiger partial charge in [0, 0.05) is 10.9 Å². The molecule has 0 saturated carbocycles. The van der Waals surface area contributed by atoms with Crippen molar-refractivity contribution in [2.45, 2.75) is 44.4 Å². The average molecular weight is 385 g/mol. The van der Waals surface area contributed by atoms with E-state index in [0.717, 1.165) is 15.1 Å². The van der Waals surface area contributed by atoms with Gasteiger partial charge in [0.25, 0.3) is 0 Å². The second-order valence-corrected chi connectivity index (χ2v) is 8.01. The molecular formula is C14H20BrF3N2S. The lowest BCUT2D eigenvalue weighted by molar-refractivity contribution is -0.186. The number of hydrogen-bond acceptors (Lipinski definition) is 3. The summed E-state index contributed by atoms with van der Waals surface area (Å²) >= 11 is 5.05. The van der Waals surface area contributed by atoms with Gasteiger partial charge >= 0.3 is 6.18 Å². The minimum absolute atomic E-state index is 0.0143. The third kappa shape index (κ3) is 4.21. The van der Waals surface area contributed by atoms with E-state index in [4.69, 9.17) is 5.73 Å². The molecule has 1 saturated heterocycles. The fourth-order valence-electron chi connectivity index (χ4n) is 2.88. The van der Waals surface area contributed by atoms with Crippen LogP contribution in [-0.4, -0.2) is 30.2 Å². The van der Waals surface area contributed by atoms with E-state index in [2.05, 4.69) is 20.8 Å². The zero-order valence-electron chi connectivity index (χ0n) is 11.9. The van der Waals surface area contributed by atoms with Gasteiger partial charge in [0.15, 0.2) is 0 Å². The number of thiophene rings is 1. The van der Waals surface area contributed by atoms with Crippen LogP contribution < -0.4 is 5.73 Å². The van der Waals surface area contributed by atoms with E-state index in [0.29, 0.717) is 13.1 Å². The van der Waals surface area contributed by atoms with E-state index >= 15 is 0 Å². The number of piperidine rings is 1. The van der Waals surface area contributed by atoms with Gasteiger partial charge in [0.1, 0.15) is 0 Å². The molecule has 1 aromatic rings. The molecule has 0 aliphatic carbocycles. The standard InChI is InChI=1S/C14H20BrF3N2S/c1-2-10(19)13(11-3-4-12(15)21-11)20-7-5-9(6-8-20)14(16,17)18/h3-4,9-10,13H,2,5-8,19H2,1H3. The van der Waals surface area contributed by atoms with Crippen LogP contribution in [0.1, 0.15) is 37.1 Å². The van der Waals surface area contributed by atoms with Gasteiger partial charge in [-0.2, -0.15) is 13.2 Å². The molecule has 2 atom stereocenters. The molecule has 21 heavy (non-hydrogen) atoms. The second-order valence-electron chi connectivity index (χ2n) is 5.51. The Hall–Kier alpha value is -0.110. The van der Waals surface area contributed by atoms with E-state index in [9.17, 15) is 13.2 Å². The minimum atomic E-state index is -4.07. The van der Waals surface area contributed by atoms with E-state index in [1.54, 1.807) is 11.3 Å². The lowest BCUT2D eigenvalue weighted by Gasteiger charge is -2.40. The molecule has 2 heterocycles. The van der Waals surface area contributed by atoms with Crippen LogP contribution in [0.2, 0.25) is 0 Å². The number of alkyl halides is 3. The molecule has 0 amide bonds. The molecule has 7 heteroatoms. The quantitative estimate of drug-likeness (QED) is 0.823. The molecule has 1 aromatic heterocycles. The van der Waals surface area contributed by atoms with Gasteiger partial charge in [-0.15, -0.1) is 11.3 Å². The van der Waals surface area contributed by atoms with Gasteiger partial charge in [-0.3, -0.25) is 4.90 Å². The van der Waals surface area contributed by atoms with Crippen molar-refractivity contribution in [3.63, 3.8) is 0 Å². The first-order valence-electron chi connectivity index (χ1n) is 7.14. The number of nitrogens with zero attached hydrogens (tertiary/aromatic N) is 1. The van der Waals surface area contributed by atoms with Crippen molar-refractivity contribution in [2.24, 2.45) is 11.7 Å². The molecule has 0 bridgehead atoms. The summed E-state index contributed by atoms with van der Waals surface area (Å²) < 4.78 is 39.3. The molecule has 120 valence electrons. The first-order chi connectivity index (χ1) is 9.82. The summed E-state index contributed by atoms with van der Waals surface area (Å²) in [6.07, 6.45) is -2.92. The maximum absolute atomic E-state index is 12.8. The maximum atomic E-state index is 12.8. The highest BCUT2D eigenvalue weighted by atomic mass is 79.9. The van der Waals surface area contributed by atoms with E-state index in [-0.39, 0.29) is 24.9 Å². The number of rotatable bonds is 4. The summed E-state index contributed by atoms with van der Waals surface area (Å²) in [4.78, 5) is 3.25. The Balaban J connectivity index is 2.09. The Kier molecular flexibility index (Phi) is 5.73. The summed E-state index contributed by atoms with van der Waals surface area (Å²) in [5, 5.41) is 0. The molecule has 2 nitrogen and oxygen atoms in total. The van der Waals surface area contributed by atoms with Crippen LogP contribution >= 0.6 is 27.3 Å². The Labute approximate surface area is 135 Å². The zero-order chi connectivity index (χ0) is 15.6. The smallest absolute Gasteiger partial charge is 0.326 e. The highest BCUT2D eigenvalue weighted by Gasteiger charge is 2.42. The lowest BCUT2D eigenvalue weighted by Crippen LogP contribution is -2.46. The van der Waals surface area contributed by atoms with E-state index in [1.807, 2.05) is 19.1 Å². The molecule has 2 unspecified atom stereocenters. The van der Waals surface area contributed by atoms with Gasteiger partial charge in [-0.1, -0.05) is 6.92 Å². The van der Waals surface area contributed by atoms with E-state index < -0.39 is 12.1 Å². The van der Waals surface area contributed by atoms with Crippen LogP contribution in [0.4, 0.5) is 13.2 Å². The molecule has 1 fully saturated rings. The number of nitrogens with two attached hydrogens (primary N) is 1. The number of hydrogen-bond donors (Lipinski definition) is 1. The summed E-state index contributed by atoms with van der Waals surface area (Å²) in [5.41, 5.74) is 6.24. The third-order valence-corrected chi connectivity index (χ3v) is 5.84. The summed E-state index contributed by atoms with van der Waals surface area (Å²) in [5.74, 6) is -1.16. The highest BCUT2D eigenvalue weighted by Crippen LogP contribution is 2.39. The average Bonchev–Trinajstić information content (AvgIpc) is 2.84. The predicted molar refractivity (Wildman–Crippen MR) is 83.4 cm³/mol. The van der Waals surface area contributed by atoms with Crippen molar-refractivity contribution in [1.29, 1.82) is 0 Å². The van der Waals surface area contributed by atoms with Gasteiger partial charge in [0.2, 0.25) is 0 Å². The van der Waals surface area contributed by atoms with Crippen LogP contribution in [0.15, 0.2) is 15.9 Å². The topological polar surface area (TPSA) is 29.3 Å². The van der Waals surface area contributed by atoms with Gasteiger partial charge in [0.05, 0.1) is 15.7 Å². The molecule has 2 N–H and O–H groups in total. The maximum Gasteiger partial charge on any atom is 0.391 e. The first-order valence-corrected chi connectivity index (χ1v) is 8.75. The minimum Gasteiger partial charge on any atom is -0.326 e. The molecule has 0 radical (unpaired) electrons. The highest BCUT2D eigenvalue weighted by molar-refractivity contribution is 9.11. The van der Waals surface area contributed by atoms with Crippen LogP contribution in [0.3, 0.4) is 0 Å². The van der Waals surface area contributed by atoms with Crippen molar-refractivity contribution < 1.29 is 13.2 Å². The number of likely N-dealkylation sites (tertiary alicyclic amines) is 1. The lowest BCUT2D eigenvalue weighted by atomic mass is 9.93. The Morgan fingerprint density at radius 2 is 2.00 bits per heavy atom. The van der Waals surface area contributed by atoms with Crippen LogP contribution in [-0.2, 0) is 0 Å². The fourth-order valence-corrected chi connectivity index (χ4v) is 4.51. The summed E-state index contributed by atoms with van der Waals surface area (Å²) in [6, 6.07) is 3.95. The molecule has 0 spiro atoms. The van der Waals surface area contributed by atoms with Gasteiger partial charge in [-0.05, 0) is 60.4 Å². The monoisotopic (exact) mass is 384 g/mol. The normalized spacial score (nSPS) is 21.4. The molecule has 0 aromatic carbocycles. The van der Waals surface area contributed by atoms with Gasteiger partial charge < -0.3 is 5.73 Å². The number of halogens is 4. The largest absolute Gasteiger partial charge is 0.391 e. The SMILES string of the molecule is CCC(N)C(c1ccc(Br)s1)N1CCC(C(F)(F)F)CC1. The molecule has 1 aliphatic heterocycles. The van der Waals surface area contributed by atoms with Crippen LogP contribution in [0, 0.1) is 5.92 Å². The summed E-state index contributed by atoms with van der Waals surface area (Å²) in [6.45, 7) is 2.93. The van der Waals surface area contributed by atoms with Crippen molar-refractivity contribution in [1.82, 2.24) is 4.90 Å². The molecule has 1 aliphatic rings.